The fourth-order valence-electron chi connectivity index (χ4n) is 3.17. The third-order valence-corrected chi connectivity index (χ3v) is 4.41. The molecule has 2 unspecified atom stereocenters. The van der Waals surface area contributed by atoms with Gasteiger partial charge in [-0.25, -0.2) is 0 Å². The summed E-state index contributed by atoms with van der Waals surface area (Å²) >= 11 is 0. The minimum Gasteiger partial charge on any atom is -0.310 e. The largest absolute Gasteiger partial charge is 0.310 e. The quantitative estimate of drug-likeness (QED) is 0.760. The predicted molar refractivity (Wildman–Crippen MR) is 83.7 cm³/mol. The van der Waals surface area contributed by atoms with E-state index in [9.17, 15) is 0 Å². The molecule has 1 heteroatoms. The fraction of sp³-hybridized carbons (Fsp3) is 0.667. The summed E-state index contributed by atoms with van der Waals surface area (Å²) in [4.78, 5) is 0. The fourth-order valence-corrected chi connectivity index (χ4v) is 3.17. The Morgan fingerprint density at radius 2 is 1.95 bits per heavy atom. The number of benzene rings is 1. The molecule has 0 radical (unpaired) electrons. The Balaban J connectivity index is 2.19. The van der Waals surface area contributed by atoms with Crippen LogP contribution in [0, 0.1) is 0 Å². The molecule has 2 rings (SSSR count). The first-order valence-electron chi connectivity index (χ1n) is 8.12. The van der Waals surface area contributed by atoms with Crippen molar-refractivity contribution in [2.24, 2.45) is 0 Å². The summed E-state index contributed by atoms with van der Waals surface area (Å²) in [5.41, 5.74) is 4.69. The smallest absolute Gasteiger partial charge is 0.0323 e. The van der Waals surface area contributed by atoms with Gasteiger partial charge in [0.15, 0.2) is 0 Å². The lowest BCUT2D eigenvalue weighted by Gasteiger charge is -2.31. The van der Waals surface area contributed by atoms with Crippen molar-refractivity contribution in [3.8, 4) is 0 Å². The molecule has 106 valence electrons. The van der Waals surface area contributed by atoms with Crippen LogP contribution in [0.15, 0.2) is 18.2 Å². The SMILES string of the molecule is CCCCc1ccc2c(c1)C(NCCC)CCC2C. The van der Waals surface area contributed by atoms with Gasteiger partial charge in [-0.15, -0.1) is 0 Å². The highest BCUT2D eigenvalue weighted by atomic mass is 14.9. The zero-order valence-corrected chi connectivity index (χ0v) is 12.8. The van der Waals surface area contributed by atoms with E-state index in [1.807, 2.05) is 0 Å². The van der Waals surface area contributed by atoms with Crippen molar-refractivity contribution in [1.29, 1.82) is 0 Å². The summed E-state index contributed by atoms with van der Waals surface area (Å²) in [6.07, 6.45) is 7.66. The molecule has 0 saturated heterocycles. The van der Waals surface area contributed by atoms with E-state index < -0.39 is 0 Å². The number of aryl methyl sites for hydroxylation is 1. The van der Waals surface area contributed by atoms with Gasteiger partial charge in [0.1, 0.15) is 0 Å². The standard InChI is InChI=1S/C18H29N/c1-4-6-7-15-9-10-16-14(3)8-11-18(17(16)13-15)19-12-5-2/h9-10,13-14,18-19H,4-8,11-12H2,1-3H3. The third kappa shape index (κ3) is 3.60. The zero-order chi connectivity index (χ0) is 13.7. The van der Waals surface area contributed by atoms with E-state index in [-0.39, 0.29) is 0 Å². The van der Waals surface area contributed by atoms with Gasteiger partial charge in [-0.1, -0.05) is 45.4 Å². The van der Waals surface area contributed by atoms with Crippen LogP contribution in [0.3, 0.4) is 0 Å². The Morgan fingerprint density at radius 1 is 1.11 bits per heavy atom. The molecule has 1 nitrogen and oxygen atoms in total. The first-order chi connectivity index (χ1) is 9.26. The number of fused-ring (bicyclic) bond motifs is 1. The summed E-state index contributed by atoms with van der Waals surface area (Å²) in [5, 5.41) is 3.73. The van der Waals surface area contributed by atoms with Crippen molar-refractivity contribution < 1.29 is 0 Å². The van der Waals surface area contributed by atoms with Crippen LogP contribution < -0.4 is 5.32 Å². The first kappa shape index (κ1) is 14.6. The van der Waals surface area contributed by atoms with Crippen LogP contribution in [-0.4, -0.2) is 6.54 Å². The normalized spacial score (nSPS) is 22.3. The molecule has 0 bridgehead atoms. The summed E-state index contributed by atoms with van der Waals surface area (Å²) in [6, 6.07) is 7.82. The van der Waals surface area contributed by atoms with Gasteiger partial charge in [0, 0.05) is 6.04 Å². The van der Waals surface area contributed by atoms with Crippen LogP contribution in [-0.2, 0) is 6.42 Å². The van der Waals surface area contributed by atoms with Crippen LogP contribution in [0.1, 0.15) is 81.5 Å². The lowest BCUT2D eigenvalue weighted by Crippen LogP contribution is -2.27. The van der Waals surface area contributed by atoms with Gasteiger partial charge in [0.25, 0.3) is 0 Å². The number of hydrogen-bond acceptors (Lipinski definition) is 1. The highest BCUT2D eigenvalue weighted by Crippen LogP contribution is 2.37. The molecule has 0 saturated carbocycles. The average molecular weight is 259 g/mol. The van der Waals surface area contributed by atoms with Crippen LogP contribution in [0.5, 0.6) is 0 Å². The van der Waals surface area contributed by atoms with Crippen molar-refractivity contribution in [2.75, 3.05) is 6.54 Å². The van der Waals surface area contributed by atoms with Gasteiger partial charge in [-0.2, -0.15) is 0 Å². The lowest BCUT2D eigenvalue weighted by atomic mass is 9.80. The van der Waals surface area contributed by atoms with Crippen LogP contribution in [0.4, 0.5) is 0 Å². The first-order valence-corrected chi connectivity index (χ1v) is 8.12. The molecular formula is C18H29N. The molecule has 0 heterocycles. The number of hydrogen-bond donors (Lipinski definition) is 1. The van der Waals surface area contributed by atoms with Gasteiger partial charge in [-0.3, -0.25) is 0 Å². The Kier molecular flexibility index (Phi) is 5.45. The highest BCUT2D eigenvalue weighted by Gasteiger charge is 2.24. The van der Waals surface area contributed by atoms with Gasteiger partial charge < -0.3 is 5.32 Å². The third-order valence-electron chi connectivity index (χ3n) is 4.41. The second kappa shape index (κ2) is 7.09. The minimum absolute atomic E-state index is 0.590. The molecule has 1 aromatic rings. The summed E-state index contributed by atoms with van der Waals surface area (Å²) in [7, 11) is 0. The van der Waals surface area contributed by atoms with E-state index in [1.165, 1.54) is 44.1 Å². The van der Waals surface area contributed by atoms with Gasteiger partial charge in [0.2, 0.25) is 0 Å². The maximum Gasteiger partial charge on any atom is 0.0323 e. The highest BCUT2D eigenvalue weighted by molar-refractivity contribution is 5.38. The molecule has 1 aliphatic rings. The summed E-state index contributed by atoms with van der Waals surface area (Å²) in [6.45, 7) is 8.03. The van der Waals surface area contributed by atoms with Crippen LogP contribution in [0.25, 0.3) is 0 Å². The van der Waals surface area contributed by atoms with Crippen molar-refractivity contribution in [3.05, 3.63) is 34.9 Å². The van der Waals surface area contributed by atoms with E-state index in [0.717, 1.165) is 12.5 Å². The topological polar surface area (TPSA) is 12.0 Å². The lowest BCUT2D eigenvalue weighted by molar-refractivity contribution is 0.432. The molecule has 2 atom stereocenters. The molecule has 1 aromatic carbocycles. The van der Waals surface area contributed by atoms with Crippen molar-refractivity contribution in [3.63, 3.8) is 0 Å². The van der Waals surface area contributed by atoms with Crippen molar-refractivity contribution >= 4 is 0 Å². The van der Waals surface area contributed by atoms with E-state index in [0.29, 0.717) is 6.04 Å². The maximum absolute atomic E-state index is 3.73. The second-order valence-corrected chi connectivity index (χ2v) is 6.05. The van der Waals surface area contributed by atoms with E-state index in [1.54, 1.807) is 11.1 Å². The minimum atomic E-state index is 0.590. The monoisotopic (exact) mass is 259 g/mol. The Morgan fingerprint density at radius 3 is 2.68 bits per heavy atom. The van der Waals surface area contributed by atoms with E-state index in [4.69, 9.17) is 0 Å². The van der Waals surface area contributed by atoms with Crippen LogP contribution in [0.2, 0.25) is 0 Å². The summed E-state index contributed by atoms with van der Waals surface area (Å²) < 4.78 is 0. The van der Waals surface area contributed by atoms with E-state index in [2.05, 4.69) is 44.3 Å². The Bertz CT molecular complexity index is 397. The molecule has 0 spiro atoms. The van der Waals surface area contributed by atoms with Crippen molar-refractivity contribution in [1.82, 2.24) is 5.32 Å². The van der Waals surface area contributed by atoms with Crippen LogP contribution >= 0.6 is 0 Å². The molecule has 1 N–H and O–H groups in total. The van der Waals surface area contributed by atoms with Crippen molar-refractivity contribution in [2.45, 2.75) is 71.3 Å². The predicted octanol–water partition coefficient (Wildman–Crippen LogP) is 4.97. The number of unbranched alkanes of at least 4 members (excludes halogenated alkanes) is 1. The molecule has 0 fully saturated rings. The number of nitrogens with one attached hydrogen (secondary N) is 1. The maximum atomic E-state index is 3.73. The number of rotatable bonds is 6. The van der Waals surface area contributed by atoms with Gasteiger partial charge >= 0.3 is 0 Å². The molecule has 0 aliphatic heterocycles. The van der Waals surface area contributed by atoms with Gasteiger partial charge in [-0.05, 0) is 61.3 Å². The Hall–Kier alpha value is -0.820. The zero-order valence-electron chi connectivity index (χ0n) is 12.8. The molecule has 1 aliphatic carbocycles. The molecule has 0 amide bonds. The van der Waals surface area contributed by atoms with E-state index >= 15 is 0 Å². The molecular weight excluding hydrogens is 230 g/mol. The van der Waals surface area contributed by atoms with Gasteiger partial charge in [0.05, 0.1) is 0 Å². The second-order valence-electron chi connectivity index (χ2n) is 6.05. The molecule has 0 aromatic heterocycles. The Labute approximate surface area is 118 Å². The molecule has 19 heavy (non-hydrogen) atoms. The summed E-state index contributed by atoms with van der Waals surface area (Å²) in [5.74, 6) is 0.731. The average Bonchev–Trinajstić information content (AvgIpc) is 2.44.